The van der Waals surface area contributed by atoms with E-state index in [4.69, 9.17) is 4.42 Å². The minimum atomic E-state index is -0.143. The maximum atomic E-state index is 6.48. The molecule has 2 nitrogen and oxygen atoms in total. The molecule has 0 spiro atoms. The van der Waals surface area contributed by atoms with E-state index in [1.54, 1.807) is 0 Å². The topological polar surface area (TPSA) is 16.4 Å². The molecule has 0 aliphatic heterocycles. The van der Waals surface area contributed by atoms with Crippen LogP contribution < -0.4 is 4.90 Å². The van der Waals surface area contributed by atoms with Crippen LogP contribution in [0.3, 0.4) is 0 Å². The second-order valence-corrected chi connectivity index (χ2v) is 16.1. The first-order valence-corrected chi connectivity index (χ1v) is 20.4. The molecule has 9 aromatic carbocycles. The van der Waals surface area contributed by atoms with Gasteiger partial charge >= 0.3 is 0 Å². The fourth-order valence-corrected chi connectivity index (χ4v) is 9.37. The van der Waals surface area contributed by atoms with Gasteiger partial charge < -0.3 is 9.32 Å². The van der Waals surface area contributed by atoms with E-state index in [0.29, 0.717) is 0 Å². The number of furan rings is 1. The molecule has 0 bridgehead atoms. The number of rotatable bonds is 7. The number of fused-ring (bicyclic) bond motifs is 6. The zero-order chi connectivity index (χ0) is 39.5. The molecule has 0 amide bonds. The van der Waals surface area contributed by atoms with Gasteiger partial charge in [0.1, 0.15) is 11.2 Å². The van der Waals surface area contributed by atoms with Crippen LogP contribution in [0.2, 0.25) is 0 Å². The molecular formula is C57H41NO. The fourth-order valence-electron chi connectivity index (χ4n) is 9.37. The lowest BCUT2D eigenvalue weighted by molar-refractivity contribution is 0.660. The maximum Gasteiger partial charge on any atom is 0.143 e. The summed E-state index contributed by atoms with van der Waals surface area (Å²) in [5.74, 6) is 0. The van der Waals surface area contributed by atoms with Crippen LogP contribution in [0.1, 0.15) is 25.0 Å². The van der Waals surface area contributed by atoms with Crippen molar-refractivity contribution in [1.82, 2.24) is 0 Å². The van der Waals surface area contributed by atoms with Crippen LogP contribution in [0.4, 0.5) is 17.1 Å². The molecule has 0 saturated heterocycles. The van der Waals surface area contributed by atoms with Crippen LogP contribution in [-0.2, 0) is 5.41 Å². The van der Waals surface area contributed by atoms with E-state index in [1.165, 1.54) is 44.5 Å². The fraction of sp³-hybridized carbons (Fsp3) is 0.0526. The summed E-state index contributed by atoms with van der Waals surface area (Å²) < 4.78 is 6.48. The van der Waals surface area contributed by atoms with Gasteiger partial charge in [-0.3, -0.25) is 0 Å². The Kier molecular flexibility index (Phi) is 8.20. The highest BCUT2D eigenvalue weighted by atomic mass is 16.3. The smallest absolute Gasteiger partial charge is 0.143 e. The first kappa shape index (κ1) is 34.8. The minimum Gasteiger partial charge on any atom is -0.455 e. The highest BCUT2D eigenvalue weighted by Crippen LogP contribution is 2.52. The lowest BCUT2D eigenvalue weighted by Crippen LogP contribution is -2.17. The number of nitrogens with zero attached hydrogens (tertiary/aromatic N) is 1. The number of para-hydroxylation sites is 2. The number of hydrogen-bond acceptors (Lipinski definition) is 2. The Bertz CT molecular complexity index is 3170. The third-order valence-corrected chi connectivity index (χ3v) is 12.3. The standard InChI is InChI=1S/C57H41NO/c1-57(2)52-26-13-11-22-47(52)48-34-33-43(37-53(48)57)58(42-31-28-40(29-32-42)46-24-15-25-50-49-23-12-14-27-55(49)59-56(46)50)54-35-30-41(36-51(54)39-18-7-4-8-19-39)45-21-10-9-20-44(45)38-16-5-3-6-17-38/h3-37H,1-2H3. The van der Waals surface area contributed by atoms with Crippen LogP contribution in [-0.4, -0.2) is 0 Å². The van der Waals surface area contributed by atoms with E-state index in [0.717, 1.165) is 61.3 Å². The predicted molar refractivity (Wildman–Crippen MR) is 248 cm³/mol. The second-order valence-electron chi connectivity index (χ2n) is 16.1. The molecule has 2 heteroatoms. The normalized spacial score (nSPS) is 12.7. The first-order valence-electron chi connectivity index (χ1n) is 20.4. The quantitative estimate of drug-likeness (QED) is 0.161. The van der Waals surface area contributed by atoms with Gasteiger partial charge in [0.05, 0.1) is 5.69 Å². The van der Waals surface area contributed by atoms with E-state index in [2.05, 4.69) is 219 Å². The molecule has 0 saturated carbocycles. The SMILES string of the molecule is CC1(C)c2ccccc2-c2ccc(N(c3ccc(-c4cccc5c4oc4ccccc45)cc3)c3ccc(-c4ccccc4-c4ccccc4)cc3-c3ccccc3)cc21. The van der Waals surface area contributed by atoms with Gasteiger partial charge in [0.2, 0.25) is 0 Å². The van der Waals surface area contributed by atoms with Gasteiger partial charge in [-0.05, 0) is 98.1 Å². The Labute approximate surface area is 345 Å². The highest BCUT2D eigenvalue weighted by Gasteiger charge is 2.36. The molecule has 59 heavy (non-hydrogen) atoms. The number of benzene rings is 9. The summed E-state index contributed by atoms with van der Waals surface area (Å²) in [4.78, 5) is 2.44. The van der Waals surface area contributed by atoms with E-state index in [-0.39, 0.29) is 5.41 Å². The van der Waals surface area contributed by atoms with Crippen molar-refractivity contribution in [2.45, 2.75) is 19.3 Å². The third kappa shape index (κ3) is 5.79. The third-order valence-electron chi connectivity index (χ3n) is 12.3. The zero-order valence-electron chi connectivity index (χ0n) is 33.1. The minimum absolute atomic E-state index is 0.143. The Morgan fingerprint density at radius 1 is 0.356 bits per heavy atom. The Hall–Kier alpha value is -7.42. The van der Waals surface area contributed by atoms with Crippen molar-refractivity contribution in [3.63, 3.8) is 0 Å². The Balaban J connectivity index is 1.11. The average Bonchev–Trinajstić information content (AvgIpc) is 3.79. The molecule has 1 heterocycles. The van der Waals surface area contributed by atoms with Gasteiger partial charge in [-0.1, -0.05) is 184 Å². The molecule has 0 fully saturated rings. The van der Waals surface area contributed by atoms with Gasteiger partial charge in [-0.2, -0.15) is 0 Å². The molecule has 1 aromatic heterocycles. The molecule has 10 aromatic rings. The summed E-state index contributed by atoms with van der Waals surface area (Å²) >= 11 is 0. The van der Waals surface area contributed by atoms with E-state index in [9.17, 15) is 0 Å². The van der Waals surface area contributed by atoms with Crippen molar-refractivity contribution in [1.29, 1.82) is 0 Å². The van der Waals surface area contributed by atoms with Gasteiger partial charge in [0, 0.05) is 38.7 Å². The molecule has 11 rings (SSSR count). The second kappa shape index (κ2) is 13.9. The molecule has 280 valence electrons. The van der Waals surface area contributed by atoms with Gasteiger partial charge in [-0.25, -0.2) is 0 Å². The summed E-state index contributed by atoms with van der Waals surface area (Å²) in [6, 6.07) is 76.9. The van der Waals surface area contributed by atoms with Crippen LogP contribution in [0.5, 0.6) is 0 Å². The molecule has 1 aliphatic rings. The van der Waals surface area contributed by atoms with Crippen LogP contribution >= 0.6 is 0 Å². The van der Waals surface area contributed by atoms with Crippen molar-refractivity contribution in [3.8, 4) is 55.6 Å². The summed E-state index contributed by atoms with van der Waals surface area (Å²) in [6.07, 6.45) is 0. The monoisotopic (exact) mass is 755 g/mol. The molecule has 1 aliphatic carbocycles. The zero-order valence-corrected chi connectivity index (χ0v) is 33.1. The predicted octanol–water partition coefficient (Wildman–Crippen LogP) is 16.0. The lowest BCUT2D eigenvalue weighted by Gasteiger charge is -2.30. The van der Waals surface area contributed by atoms with Crippen molar-refractivity contribution in [2.24, 2.45) is 0 Å². The lowest BCUT2D eigenvalue weighted by atomic mass is 9.82. The van der Waals surface area contributed by atoms with Crippen LogP contribution in [0, 0.1) is 0 Å². The molecular weight excluding hydrogens is 715 g/mol. The summed E-state index contributed by atoms with van der Waals surface area (Å²) in [7, 11) is 0. The maximum absolute atomic E-state index is 6.48. The van der Waals surface area contributed by atoms with Crippen molar-refractivity contribution in [3.05, 3.63) is 223 Å². The highest BCUT2D eigenvalue weighted by molar-refractivity contribution is 6.09. The molecule has 0 N–H and O–H groups in total. The Morgan fingerprint density at radius 2 is 0.898 bits per heavy atom. The average molecular weight is 756 g/mol. The number of hydrogen-bond donors (Lipinski definition) is 0. The first-order chi connectivity index (χ1) is 29.0. The summed E-state index contributed by atoms with van der Waals surface area (Å²) in [6.45, 7) is 4.71. The largest absolute Gasteiger partial charge is 0.455 e. The van der Waals surface area contributed by atoms with Crippen LogP contribution in [0.25, 0.3) is 77.6 Å². The molecule has 0 radical (unpaired) electrons. The van der Waals surface area contributed by atoms with Gasteiger partial charge in [-0.15, -0.1) is 0 Å². The Morgan fingerprint density at radius 3 is 1.66 bits per heavy atom. The van der Waals surface area contributed by atoms with E-state index >= 15 is 0 Å². The van der Waals surface area contributed by atoms with Gasteiger partial charge in [0.15, 0.2) is 0 Å². The van der Waals surface area contributed by atoms with Gasteiger partial charge in [0.25, 0.3) is 0 Å². The van der Waals surface area contributed by atoms with E-state index in [1.807, 2.05) is 12.1 Å². The molecule has 0 unspecified atom stereocenters. The van der Waals surface area contributed by atoms with Crippen molar-refractivity contribution < 1.29 is 4.42 Å². The summed E-state index contributed by atoms with van der Waals surface area (Å²) in [5.41, 5.74) is 19.6. The molecule has 0 atom stereocenters. The summed E-state index contributed by atoms with van der Waals surface area (Å²) in [5, 5.41) is 2.27. The van der Waals surface area contributed by atoms with Crippen LogP contribution in [0.15, 0.2) is 217 Å². The number of anilines is 3. The van der Waals surface area contributed by atoms with Crippen molar-refractivity contribution in [2.75, 3.05) is 4.90 Å². The van der Waals surface area contributed by atoms with E-state index < -0.39 is 0 Å². The van der Waals surface area contributed by atoms with Crippen molar-refractivity contribution >= 4 is 39.0 Å².